The van der Waals surface area contributed by atoms with E-state index in [2.05, 4.69) is 48.7 Å². The van der Waals surface area contributed by atoms with Gasteiger partial charge in [0.25, 0.3) is 11.7 Å². The van der Waals surface area contributed by atoms with Crippen LogP contribution in [0.5, 0.6) is 0 Å². The van der Waals surface area contributed by atoms with E-state index in [1.807, 2.05) is 40.1 Å². The molecule has 10 heteroatoms. The molecule has 0 unspecified atom stereocenters. The van der Waals surface area contributed by atoms with E-state index >= 15 is 0 Å². The monoisotopic (exact) mass is 510 g/mol. The van der Waals surface area contributed by atoms with Crippen LogP contribution in [0.2, 0.25) is 0 Å². The van der Waals surface area contributed by atoms with Gasteiger partial charge >= 0.3 is 0 Å². The lowest BCUT2D eigenvalue weighted by Crippen LogP contribution is -2.29. The van der Waals surface area contributed by atoms with Crippen molar-refractivity contribution in [3.05, 3.63) is 65.7 Å². The van der Waals surface area contributed by atoms with Crippen molar-refractivity contribution in [1.29, 1.82) is 0 Å². The summed E-state index contributed by atoms with van der Waals surface area (Å²) in [5.74, 6) is 0.935. The number of H-pyrrole nitrogens is 1. The zero-order valence-corrected chi connectivity index (χ0v) is 21.9. The van der Waals surface area contributed by atoms with E-state index in [0.717, 1.165) is 64.9 Å². The minimum atomic E-state index is -0.318. The van der Waals surface area contributed by atoms with Gasteiger partial charge in [0.05, 0.1) is 17.8 Å². The first kappa shape index (κ1) is 24.0. The molecule has 0 aliphatic heterocycles. The van der Waals surface area contributed by atoms with Crippen molar-refractivity contribution in [2.75, 3.05) is 0 Å². The maximum absolute atomic E-state index is 13.0. The number of aromatic amines is 1. The fraction of sp³-hybridized carbons (Fsp3) is 0.357. The summed E-state index contributed by atoms with van der Waals surface area (Å²) >= 11 is 0. The Morgan fingerprint density at radius 3 is 2.79 bits per heavy atom. The Bertz CT molecular complexity index is 1640. The summed E-state index contributed by atoms with van der Waals surface area (Å²) in [6.45, 7) is 5.92. The minimum Gasteiger partial charge on any atom is -0.342 e. The Balaban J connectivity index is 1.31. The Kier molecular flexibility index (Phi) is 5.81. The highest BCUT2D eigenvalue weighted by atomic mass is 16.5. The van der Waals surface area contributed by atoms with Gasteiger partial charge in [-0.3, -0.25) is 9.48 Å². The predicted octanol–water partition coefficient (Wildman–Crippen LogP) is 4.90. The molecule has 0 saturated heterocycles. The summed E-state index contributed by atoms with van der Waals surface area (Å²) in [5, 5.41) is 11.3. The molecule has 0 saturated carbocycles. The standard InChI is InChI=1S/C28H30N8O2/c1-28(2,3)27-34-25(35-38-27)26(37)31-21-8-6-5-7-16-13-17(9-10-19(16)21)20-11-12-29-24-22(20)32-23(33-24)18-14-30-36(4)15-18/h9-15,21H,5-8H2,1-4H3,(H,31,37)(H,29,32,33)/t21-/m1/s1. The van der Waals surface area contributed by atoms with Crippen molar-refractivity contribution in [2.24, 2.45) is 7.05 Å². The smallest absolute Gasteiger partial charge is 0.293 e. The number of pyridine rings is 1. The highest BCUT2D eigenvalue weighted by Gasteiger charge is 2.27. The quantitative estimate of drug-likeness (QED) is 0.329. The van der Waals surface area contributed by atoms with E-state index in [0.29, 0.717) is 5.89 Å². The SMILES string of the molecule is Cn1cc(-c2nc3c(-c4ccc5c(c4)CCCC[C@H]5NC(=O)c4noc(C(C)(C)C)n4)ccnc3[nH]2)cn1. The van der Waals surface area contributed by atoms with Gasteiger partial charge in [0.1, 0.15) is 11.3 Å². The van der Waals surface area contributed by atoms with Gasteiger partial charge in [0.15, 0.2) is 5.65 Å². The largest absolute Gasteiger partial charge is 0.342 e. The number of benzene rings is 1. The molecule has 1 aromatic carbocycles. The first-order chi connectivity index (χ1) is 18.3. The molecule has 0 radical (unpaired) electrons. The Morgan fingerprint density at radius 2 is 2.03 bits per heavy atom. The van der Waals surface area contributed by atoms with E-state index in [-0.39, 0.29) is 23.2 Å². The van der Waals surface area contributed by atoms with Gasteiger partial charge in [-0.15, -0.1) is 0 Å². The van der Waals surface area contributed by atoms with Crippen LogP contribution in [-0.2, 0) is 18.9 Å². The molecule has 1 aliphatic carbocycles. The van der Waals surface area contributed by atoms with Crippen LogP contribution in [0.1, 0.15) is 73.7 Å². The van der Waals surface area contributed by atoms with Crippen LogP contribution < -0.4 is 5.32 Å². The van der Waals surface area contributed by atoms with E-state index in [1.165, 1.54) is 5.56 Å². The zero-order valence-electron chi connectivity index (χ0n) is 21.9. The van der Waals surface area contributed by atoms with Gasteiger partial charge < -0.3 is 14.8 Å². The van der Waals surface area contributed by atoms with E-state index in [1.54, 1.807) is 17.1 Å². The fourth-order valence-electron chi connectivity index (χ4n) is 4.97. The highest BCUT2D eigenvalue weighted by molar-refractivity contribution is 5.92. The first-order valence-electron chi connectivity index (χ1n) is 12.9. The number of carbonyl (C=O) groups excluding carboxylic acids is 1. The second-order valence-corrected chi connectivity index (χ2v) is 10.9. The number of rotatable bonds is 4. The molecule has 1 amide bonds. The molecule has 5 aromatic rings. The van der Waals surface area contributed by atoms with Crippen LogP contribution >= 0.6 is 0 Å². The van der Waals surface area contributed by atoms with E-state index in [9.17, 15) is 4.79 Å². The normalized spacial score (nSPS) is 15.8. The number of nitrogens with one attached hydrogen (secondary N) is 2. The highest BCUT2D eigenvalue weighted by Crippen LogP contribution is 2.34. The molecule has 1 aliphatic rings. The molecule has 4 heterocycles. The summed E-state index contributed by atoms with van der Waals surface area (Å²) in [6.07, 6.45) is 9.38. The Labute approximate surface area is 219 Å². The van der Waals surface area contributed by atoms with Crippen molar-refractivity contribution in [2.45, 2.75) is 57.9 Å². The maximum Gasteiger partial charge on any atom is 0.293 e. The number of carbonyl (C=O) groups is 1. The summed E-state index contributed by atoms with van der Waals surface area (Å²) in [4.78, 5) is 30.0. The molecule has 10 nitrogen and oxygen atoms in total. The van der Waals surface area contributed by atoms with Crippen LogP contribution in [0.3, 0.4) is 0 Å². The molecule has 0 bridgehead atoms. The summed E-state index contributed by atoms with van der Waals surface area (Å²) < 4.78 is 7.08. The number of nitrogens with zero attached hydrogens (tertiary/aromatic N) is 6. The summed E-state index contributed by atoms with van der Waals surface area (Å²) in [7, 11) is 1.88. The third-order valence-electron chi connectivity index (χ3n) is 6.96. The Hall–Kier alpha value is -4.34. The average Bonchev–Trinajstić information content (AvgIpc) is 3.62. The average molecular weight is 511 g/mol. The van der Waals surface area contributed by atoms with Crippen molar-refractivity contribution in [1.82, 2.24) is 40.2 Å². The molecule has 4 aromatic heterocycles. The van der Waals surface area contributed by atoms with Crippen molar-refractivity contribution in [3.63, 3.8) is 0 Å². The molecule has 0 fully saturated rings. The number of hydrogen-bond donors (Lipinski definition) is 2. The van der Waals surface area contributed by atoms with Crippen molar-refractivity contribution in [3.8, 4) is 22.5 Å². The molecule has 2 N–H and O–H groups in total. The van der Waals surface area contributed by atoms with Gasteiger partial charge in [-0.05, 0) is 42.0 Å². The summed E-state index contributed by atoms with van der Waals surface area (Å²) in [5.41, 5.74) is 6.57. The predicted molar refractivity (Wildman–Crippen MR) is 142 cm³/mol. The number of imidazole rings is 1. The lowest BCUT2D eigenvalue weighted by molar-refractivity contribution is 0.0921. The second-order valence-electron chi connectivity index (χ2n) is 10.9. The first-order valence-corrected chi connectivity index (χ1v) is 12.9. The number of aryl methyl sites for hydroxylation is 2. The van der Waals surface area contributed by atoms with Crippen molar-refractivity contribution >= 4 is 17.1 Å². The Morgan fingerprint density at radius 1 is 1.16 bits per heavy atom. The maximum atomic E-state index is 13.0. The van der Waals surface area contributed by atoms with Crippen LogP contribution in [0.4, 0.5) is 0 Å². The summed E-state index contributed by atoms with van der Waals surface area (Å²) in [6, 6.07) is 8.32. The minimum absolute atomic E-state index is 0.0690. The lowest BCUT2D eigenvalue weighted by atomic mass is 9.94. The molecule has 1 atom stereocenters. The van der Waals surface area contributed by atoms with Crippen LogP contribution in [-0.4, -0.2) is 40.8 Å². The zero-order chi connectivity index (χ0) is 26.4. The number of amides is 1. The molecule has 194 valence electrons. The van der Waals surface area contributed by atoms with Crippen molar-refractivity contribution < 1.29 is 9.32 Å². The number of aromatic nitrogens is 7. The van der Waals surface area contributed by atoms with Gasteiger partial charge in [-0.1, -0.05) is 50.5 Å². The molecular weight excluding hydrogens is 480 g/mol. The number of fused-ring (bicyclic) bond motifs is 2. The lowest BCUT2D eigenvalue weighted by Gasteiger charge is -2.19. The van der Waals surface area contributed by atoms with Gasteiger partial charge in [0.2, 0.25) is 5.89 Å². The van der Waals surface area contributed by atoms with Gasteiger partial charge in [-0.2, -0.15) is 10.1 Å². The third-order valence-corrected chi connectivity index (χ3v) is 6.96. The second kappa shape index (κ2) is 9.20. The topological polar surface area (TPSA) is 127 Å². The number of hydrogen-bond acceptors (Lipinski definition) is 7. The molecule has 6 rings (SSSR count). The molecule has 38 heavy (non-hydrogen) atoms. The van der Waals surface area contributed by atoms with Crippen LogP contribution in [0.25, 0.3) is 33.7 Å². The van der Waals surface area contributed by atoms with Crippen LogP contribution in [0, 0.1) is 0 Å². The molecular formula is C28H30N8O2. The third kappa shape index (κ3) is 4.46. The molecule has 0 spiro atoms. The van der Waals surface area contributed by atoms with E-state index in [4.69, 9.17) is 9.51 Å². The van der Waals surface area contributed by atoms with E-state index < -0.39 is 0 Å². The fourth-order valence-corrected chi connectivity index (χ4v) is 4.97. The van der Waals surface area contributed by atoms with Gasteiger partial charge in [0, 0.05) is 30.4 Å². The van der Waals surface area contributed by atoms with Gasteiger partial charge in [-0.25, -0.2) is 9.97 Å². The van der Waals surface area contributed by atoms with Crippen LogP contribution in [0.15, 0.2) is 47.4 Å².